The molecule has 0 spiro atoms. The lowest BCUT2D eigenvalue weighted by molar-refractivity contribution is -0.138. The highest BCUT2D eigenvalue weighted by Gasteiger charge is 2.59. The molecule has 0 saturated heterocycles. The maximum absolute atomic E-state index is 11.9. The van der Waals surface area contributed by atoms with Crippen LogP contribution in [0.15, 0.2) is 12.7 Å². The Morgan fingerprint density at radius 3 is 2.55 bits per heavy atom. The number of ketones is 1. The second-order valence-corrected chi connectivity index (χ2v) is 9.36. The zero-order valence-corrected chi connectivity index (χ0v) is 14.4. The van der Waals surface area contributed by atoms with Crippen molar-refractivity contribution in [2.45, 2.75) is 71.6 Å². The Kier molecular flexibility index (Phi) is 3.37. The van der Waals surface area contributed by atoms with Crippen molar-refractivity contribution in [1.82, 2.24) is 0 Å². The van der Waals surface area contributed by atoms with Crippen LogP contribution in [0.3, 0.4) is 0 Å². The summed E-state index contributed by atoms with van der Waals surface area (Å²) in [5.74, 6) is 4.71. The van der Waals surface area contributed by atoms with E-state index >= 15 is 0 Å². The number of hydrogen-bond acceptors (Lipinski definition) is 1. The van der Waals surface area contributed by atoms with Gasteiger partial charge in [0, 0.05) is 12.8 Å². The first-order valence-electron chi connectivity index (χ1n) is 9.63. The summed E-state index contributed by atoms with van der Waals surface area (Å²) in [5.41, 5.74) is 0.987. The van der Waals surface area contributed by atoms with Crippen LogP contribution in [0.4, 0.5) is 0 Å². The third kappa shape index (κ3) is 1.86. The molecule has 0 aromatic carbocycles. The predicted molar refractivity (Wildman–Crippen MR) is 90.4 cm³/mol. The van der Waals surface area contributed by atoms with Gasteiger partial charge in [-0.05, 0) is 85.4 Å². The molecule has 4 aliphatic carbocycles. The van der Waals surface area contributed by atoms with Gasteiger partial charge in [0.2, 0.25) is 0 Å². The van der Waals surface area contributed by atoms with E-state index in [-0.39, 0.29) is 0 Å². The Labute approximate surface area is 135 Å². The minimum atomic E-state index is 0.463. The van der Waals surface area contributed by atoms with E-state index in [0.29, 0.717) is 22.5 Å². The molecule has 4 fully saturated rings. The average Bonchev–Trinajstić information content (AvgIpc) is 2.84. The summed E-state index contributed by atoms with van der Waals surface area (Å²) in [5, 5.41) is 0. The lowest BCUT2D eigenvalue weighted by Gasteiger charge is -2.60. The second kappa shape index (κ2) is 4.95. The fourth-order valence-electron chi connectivity index (χ4n) is 7.47. The van der Waals surface area contributed by atoms with Crippen LogP contribution >= 0.6 is 0 Å². The first kappa shape index (κ1) is 15.0. The van der Waals surface area contributed by atoms with Crippen molar-refractivity contribution in [3.8, 4) is 0 Å². The fourth-order valence-corrected chi connectivity index (χ4v) is 7.47. The summed E-state index contributed by atoms with van der Waals surface area (Å²) in [7, 11) is 0. The molecule has 1 nitrogen and oxygen atoms in total. The lowest BCUT2D eigenvalue weighted by atomic mass is 9.45. The normalized spacial score (nSPS) is 54.3. The van der Waals surface area contributed by atoms with Crippen molar-refractivity contribution in [2.24, 2.45) is 40.4 Å². The van der Waals surface area contributed by atoms with Gasteiger partial charge >= 0.3 is 0 Å². The largest absolute Gasteiger partial charge is 0.300 e. The first-order chi connectivity index (χ1) is 10.5. The predicted octanol–water partition coefficient (Wildman–Crippen LogP) is 5.40. The van der Waals surface area contributed by atoms with E-state index in [1.54, 1.807) is 0 Å². The molecule has 0 amide bonds. The van der Waals surface area contributed by atoms with Gasteiger partial charge in [0.15, 0.2) is 0 Å². The molecule has 0 aromatic rings. The first-order valence-corrected chi connectivity index (χ1v) is 9.63. The van der Waals surface area contributed by atoms with E-state index < -0.39 is 0 Å². The van der Waals surface area contributed by atoms with E-state index in [9.17, 15) is 4.79 Å². The SMILES string of the molecule is C=CC1CCC2C3CC[C@@H]4CC(=O)CC[C@]4(C)C3CC[C@]12C. The van der Waals surface area contributed by atoms with Gasteiger partial charge in [0.1, 0.15) is 5.78 Å². The summed E-state index contributed by atoms with van der Waals surface area (Å²) in [6, 6.07) is 0. The minimum absolute atomic E-state index is 0.463. The quantitative estimate of drug-likeness (QED) is 0.592. The lowest BCUT2D eigenvalue weighted by Crippen LogP contribution is -2.53. The molecule has 0 bridgehead atoms. The number of carbonyl (C=O) groups excluding carboxylic acids is 1. The summed E-state index contributed by atoms with van der Waals surface area (Å²) in [4.78, 5) is 11.9. The average molecular weight is 300 g/mol. The van der Waals surface area contributed by atoms with Crippen LogP contribution in [0.1, 0.15) is 71.6 Å². The highest BCUT2D eigenvalue weighted by molar-refractivity contribution is 5.79. The summed E-state index contributed by atoms with van der Waals surface area (Å²) < 4.78 is 0. The zero-order chi connectivity index (χ0) is 15.5. The number of allylic oxidation sites excluding steroid dienone is 1. The van der Waals surface area contributed by atoms with E-state index in [1.807, 2.05) is 0 Å². The minimum Gasteiger partial charge on any atom is -0.300 e. The maximum Gasteiger partial charge on any atom is 0.133 e. The van der Waals surface area contributed by atoms with Crippen molar-refractivity contribution in [3.05, 3.63) is 12.7 Å². The summed E-state index contributed by atoms with van der Waals surface area (Å²) >= 11 is 0. The van der Waals surface area contributed by atoms with Gasteiger partial charge in [-0.2, -0.15) is 0 Å². The topological polar surface area (TPSA) is 17.1 Å². The molecule has 4 saturated carbocycles. The zero-order valence-electron chi connectivity index (χ0n) is 14.4. The van der Waals surface area contributed by atoms with Crippen LogP contribution in [0.5, 0.6) is 0 Å². The fraction of sp³-hybridized carbons (Fsp3) is 0.857. The van der Waals surface area contributed by atoms with E-state index in [2.05, 4.69) is 26.5 Å². The van der Waals surface area contributed by atoms with Crippen LogP contribution in [-0.2, 0) is 4.79 Å². The molecule has 7 atom stereocenters. The van der Waals surface area contributed by atoms with Gasteiger partial charge in [-0.3, -0.25) is 4.79 Å². The van der Waals surface area contributed by atoms with Crippen LogP contribution in [0.2, 0.25) is 0 Å². The third-order valence-corrected chi connectivity index (χ3v) is 8.84. The smallest absolute Gasteiger partial charge is 0.133 e. The Morgan fingerprint density at radius 1 is 1.00 bits per heavy atom. The number of carbonyl (C=O) groups is 1. The van der Waals surface area contributed by atoms with Crippen LogP contribution < -0.4 is 0 Å². The van der Waals surface area contributed by atoms with Crippen LogP contribution in [0.25, 0.3) is 0 Å². The Morgan fingerprint density at radius 2 is 1.77 bits per heavy atom. The molecular weight excluding hydrogens is 268 g/mol. The molecule has 0 radical (unpaired) electrons. The van der Waals surface area contributed by atoms with E-state index in [1.165, 1.54) is 44.9 Å². The van der Waals surface area contributed by atoms with E-state index in [0.717, 1.165) is 36.5 Å². The molecule has 4 rings (SSSR count). The highest BCUT2D eigenvalue weighted by atomic mass is 16.1. The molecule has 22 heavy (non-hydrogen) atoms. The van der Waals surface area contributed by atoms with Crippen molar-refractivity contribution in [3.63, 3.8) is 0 Å². The van der Waals surface area contributed by atoms with Gasteiger partial charge in [0.25, 0.3) is 0 Å². The molecule has 0 heterocycles. The number of fused-ring (bicyclic) bond motifs is 5. The Bertz CT molecular complexity index is 494. The Balaban J connectivity index is 1.63. The second-order valence-electron chi connectivity index (χ2n) is 9.36. The third-order valence-electron chi connectivity index (χ3n) is 8.84. The maximum atomic E-state index is 11.9. The van der Waals surface area contributed by atoms with Crippen molar-refractivity contribution in [2.75, 3.05) is 0 Å². The van der Waals surface area contributed by atoms with Gasteiger partial charge in [-0.15, -0.1) is 6.58 Å². The van der Waals surface area contributed by atoms with Gasteiger partial charge in [-0.1, -0.05) is 19.9 Å². The van der Waals surface area contributed by atoms with Crippen molar-refractivity contribution < 1.29 is 4.79 Å². The van der Waals surface area contributed by atoms with Gasteiger partial charge < -0.3 is 0 Å². The molecule has 4 unspecified atom stereocenters. The standard InChI is InChI=1S/C21H32O/c1-4-14-6-8-18-17-7-5-15-13-16(22)9-11-21(15,3)19(17)10-12-20(14,18)2/h4,14-15,17-19H,1,5-13H2,2-3H3/t14?,15-,17?,18?,19?,20-,21+/m1/s1. The summed E-state index contributed by atoms with van der Waals surface area (Å²) in [6.45, 7) is 9.24. The highest BCUT2D eigenvalue weighted by Crippen LogP contribution is 2.67. The van der Waals surface area contributed by atoms with E-state index in [4.69, 9.17) is 0 Å². The number of Topliss-reactive ketones (excluding diaryl/α,β-unsaturated/α-hetero) is 1. The molecular formula is C21H32O. The molecule has 0 N–H and O–H groups in total. The van der Waals surface area contributed by atoms with Gasteiger partial charge in [-0.25, -0.2) is 0 Å². The molecule has 1 heteroatoms. The van der Waals surface area contributed by atoms with Crippen molar-refractivity contribution in [1.29, 1.82) is 0 Å². The molecule has 122 valence electrons. The number of hydrogen-bond donors (Lipinski definition) is 0. The molecule has 0 aliphatic heterocycles. The Hall–Kier alpha value is -0.590. The van der Waals surface area contributed by atoms with Crippen LogP contribution in [0, 0.1) is 40.4 Å². The van der Waals surface area contributed by atoms with Crippen LogP contribution in [-0.4, -0.2) is 5.78 Å². The summed E-state index contributed by atoms with van der Waals surface area (Å²) in [6.07, 6.45) is 13.5. The van der Waals surface area contributed by atoms with Gasteiger partial charge in [0.05, 0.1) is 0 Å². The molecule has 4 aliphatic rings. The monoisotopic (exact) mass is 300 g/mol. The number of rotatable bonds is 1. The molecule has 0 aromatic heterocycles. The van der Waals surface area contributed by atoms with Crippen molar-refractivity contribution >= 4 is 5.78 Å².